The van der Waals surface area contributed by atoms with E-state index in [1.165, 1.54) is 43.5 Å². The Labute approximate surface area is 99.5 Å². The van der Waals surface area contributed by atoms with Crippen molar-refractivity contribution in [1.82, 2.24) is 0 Å². The molecule has 0 aromatic heterocycles. The van der Waals surface area contributed by atoms with Crippen LogP contribution in [-0.2, 0) is 12.8 Å². The summed E-state index contributed by atoms with van der Waals surface area (Å²) in [5.74, 6) is 0. The van der Waals surface area contributed by atoms with Gasteiger partial charge in [0.25, 0.3) is 0 Å². The van der Waals surface area contributed by atoms with Crippen LogP contribution in [0.25, 0.3) is 0 Å². The van der Waals surface area contributed by atoms with Gasteiger partial charge in [0, 0.05) is 18.8 Å². The van der Waals surface area contributed by atoms with Crippen LogP contribution in [0.2, 0.25) is 0 Å². The number of benzene rings is 1. The monoisotopic (exact) mass is 217 g/mol. The van der Waals surface area contributed by atoms with Crippen LogP contribution < -0.4 is 4.90 Å². The normalized spacial score (nSPS) is 15.1. The van der Waals surface area contributed by atoms with Gasteiger partial charge in [-0.15, -0.1) is 0 Å². The van der Waals surface area contributed by atoms with Crippen LogP contribution in [0.5, 0.6) is 0 Å². The molecule has 1 aromatic carbocycles. The Morgan fingerprint density at radius 3 is 2.75 bits per heavy atom. The third kappa shape index (κ3) is 2.09. The molecular formula is C15H23N. The molecular weight excluding hydrogens is 194 g/mol. The standard InChI is InChI=1S/C15H23N/c1-4-7-13-11-14-8-6-9-16(5-2)15(14)10-12(13)3/h10-11H,4-9H2,1-3H3. The molecule has 0 N–H and O–H groups in total. The van der Waals surface area contributed by atoms with E-state index in [0.29, 0.717) is 0 Å². The quantitative estimate of drug-likeness (QED) is 0.746. The minimum Gasteiger partial charge on any atom is -0.372 e. The molecule has 0 saturated heterocycles. The Balaban J connectivity index is 2.38. The van der Waals surface area contributed by atoms with E-state index in [4.69, 9.17) is 0 Å². The highest BCUT2D eigenvalue weighted by Gasteiger charge is 2.16. The maximum atomic E-state index is 2.52. The second kappa shape index (κ2) is 4.90. The number of nitrogens with zero attached hydrogens (tertiary/aromatic N) is 1. The highest BCUT2D eigenvalue weighted by atomic mass is 15.1. The second-order valence-corrected chi connectivity index (χ2v) is 4.84. The molecule has 0 aliphatic carbocycles. The van der Waals surface area contributed by atoms with Gasteiger partial charge in [0.2, 0.25) is 0 Å². The van der Waals surface area contributed by atoms with Crippen molar-refractivity contribution in [1.29, 1.82) is 0 Å². The SMILES string of the molecule is CCCc1cc2c(cc1C)N(CC)CCC2. The third-order valence-corrected chi connectivity index (χ3v) is 3.65. The number of anilines is 1. The molecule has 2 rings (SSSR count). The van der Waals surface area contributed by atoms with Crippen LogP contribution in [0.4, 0.5) is 5.69 Å². The van der Waals surface area contributed by atoms with Crippen molar-refractivity contribution in [2.75, 3.05) is 18.0 Å². The predicted molar refractivity (Wildman–Crippen MR) is 71.4 cm³/mol. The summed E-state index contributed by atoms with van der Waals surface area (Å²) >= 11 is 0. The zero-order valence-corrected chi connectivity index (χ0v) is 10.8. The highest BCUT2D eigenvalue weighted by Crippen LogP contribution is 2.30. The van der Waals surface area contributed by atoms with Gasteiger partial charge in [-0.1, -0.05) is 19.4 Å². The van der Waals surface area contributed by atoms with Gasteiger partial charge >= 0.3 is 0 Å². The van der Waals surface area contributed by atoms with Crippen molar-refractivity contribution in [2.24, 2.45) is 0 Å². The Morgan fingerprint density at radius 2 is 2.06 bits per heavy atom. The number of fused-ring (bicyclic) bond motifs is 1. The fourth-order valence-electron chi connectivity index (χ4n) is 2.73. The number of hydrogen-bond acceptors (Lipinski definition) is 1. The summed E-state index contributed by atoms with van der Waals surface area (Å²) in [6.45, 7) is 9.14. The molecule has 0 radical (unpaired) electrons. The van der Waals surface area contributed by atoms with E-state index in [2.05, 4.69) is 37.8 Å². The van der Waals surface area contributed by atoms with Crippen molar-refractivity contribution in [2.45, 2.75) is 46.5 Å². The van der Waals surface area contributed by atoms with Gasteiger partial charge < -0.3 is 4.90 Å². The minimum absolute atomic E-state index is 1.14. The summed E-state index contributed by atoms with van der Waals surface area (Å²) in [4.78, 5) is 2.52. The molecule has 1 heterocycles. The first kappa shape index (κ1) is 11.5. The van der Waals surface area contributed by atoms with Crippen LogP contribution >= 0.6 is 0 Å². The lowest BCUT2D eigenvalue weighted by Gasteiger charge is -2.31. The van der Waals surface area contributed by atoms with E-state index in [1.54, 1.807) is 11.1 Å². The molecule has 16 heavy (non-hydrogen) atoms. The predicted octanol–water partition coefficient (Wildman–Crippen LogP) is 3.72. The maximum absolute atomic E-state index is 2.52. The first-order chi connectivity index (χ1) is 7.76. The van der Waals surface area contributed by atoms with Crippen LogP contribution in [0, 0.1) is 6.92 Å². The summed E-state index contributed by atoms with van der Waals surface area (Å²) in [6, 6.07) is 4.86. The highest BCUT2D eigenvalue weighted by molar-refractivity contribution is 5.59. The smallest absolute Gasteiger partial charge is 0.0401 e. The van der Waals surface area contributed by atoms with E-state index >= 15 is 0 Å². The number of rotatable bonds is 3. The summed E-state index contributed by atoms with van der Waals surface area (Å²) < 4.78 is 0. The van der Waals surface area contributed by atoms with E-state index in [9.17, 15) is 0 Å². The molecule has 0 unspecified atom stereocenters. The number of hydrogen-bond donors (Lipinski definition) is 0. The van der Waals surface area contributed by atoms with E-state index in [-0.39, 0.29) is 0 Å². The molecule has 0 spiro atoms. The summed E-state index contributed by atoms with van der Waals surface area (Å²) in [5.41, 5.74) is 6.09. The molecule has 1 heteroatoms. The van der Waals surface area contributed by atoms with Gasteiger partial charge in [-0.05, 0) is 55.9 Å². The fourth-order valence-corrected chi connectivity index (χ4v) is 2.73. The lowest BCUT2D eigenvalue weighted by Crippen LogP contribution is -2.29. The summed E-state index contributed by atoms with van der Waals surface area (Å²) in [5, 5.41) is 0. The number of aryl methyl sites for hydroxylation is 3. The third-order valence-electron chi connectivity index (χ3n) is 3.65. The van der Waals surface area contributed by atoms with Gasteiger partial charge in [-0.25, -0.2) is 0 Å². The molecule has 88 valence electrons. The second-order valence-electron chi connectivity index (χ2n) is 4.84. The van der Waals surface area contributed by atoms with Crippen molar-refractivity contribution in [3.8, 4) is 0 Å². The molecule has 0 atom stereocenters. The van der Waals surface area contributed by atoms with Crippen molar-refractivity contribution in [3.05, 3.63) is 28.8 Å². The molecule has 0 amide bonds. The average Bonchev–Trinajstić information content (AvgIpc) is 2.30. The van der Waals surface area contributed by atoms with Gasteiger partial charge in [-0.2, -0.15) is 0 Å². The largest absolute Gasteiger partial charge is 0.372 e. The Kier molecular flexibility index (Phi) is 3.52. The van der Waals surface area contributed by atoms with Crippen LogP contribution in [0.15, 0.2) is 12.1 Å². The lowest BCUT2D eigenvalue weighted by molar-refractivity contribution is 0.705. The van der Waals surface area contributed by atoms with Crippen LogP contribution in [0.3, 0.4) is 0 Å². The van der Waals surface area contributed by atoms with Crippen LogP contribution in [-0.4, -0.2) is 13.1 Å². The van der Waals surface area contributed by atoms with Crippen molar-refractivity contribution in [3.63, 3.8) is 0 Å². The summed E-state index contributed by atoms with van der Waals surface area (Å²) in [6.07, 6.45) is 5.06. The van der Waals surface area contributed by atoms with E-state index < -0.39 is 0 Å². The van der Waals surface area contributed by atoms with E-state index in [1.807, 2.05) is 0 Å². The Hall–Kier alpha value is -0.980. The molecule has 1 nitrogen and oxygen atoms in total. The molecule has 0 fully saturated rings. The van der Waals surface area contributed by atoms with Gasteiger partial charge in [0.05, 0.1) is 0 Å². The Bertz CT molecular complexity index is 368. The first-order valence-electron chi connectivity index (χ1n) is 6.63. The first-order valence-corrected chi connectivity index (χ1v) is 6.63. The molecule has 0 saturated carbocycles. The maximum Gasteiger partial charge on any atom is 0.0401 e. The van der Waals surface area contributed by atoms with Crippen LogP contribution in [0.1, 0.15) is 43.4 Å². The molecule has 1 aromatic rings. The molecule has 1 aliphatic heterocycles. The lowest BCUT2D eigenvalue weighted by atomic mass is 9.94. The topological polar surface area (TPSA) is 3.24 Å². The minimum atomic E-state index is 1.14. The van der Waals surface area contributed by atoms with Crippen molar-refractivity contribution < 1.29 is 0 Å². The molecule has 0 bridgehead atoms. The Morgan fingerprint density at radius 1 is 1.25 bits per heavy atom. The van der Waals surface area contributed by atoms with Gasteiger partial charge in [-0.3, -0.25) is 0 Å². The average molecular weight is 217 g/mol. The van der Waals surface area contributed by atoms with E-state index in [0.717, 1.165) is 6.54 Å². The fraction of sp³-hybridized carbons (Fsp3) is 0.600. The van der Waals surface area contributed by atoms with Gasteiger partial charge in [0.15, 0.2) is 0 Å². The summed E-state index contributed by atoms with van der Waals surface area (Å²) in [7, 11) is 0. The van der Waals surface area contributed by atoms with Crippen molar-refractivity contribution >= 4 is 5.69 Å². The molecule has 1 aliphatic rings. The van der Waals surface area contributed by atoms with Gasteiger partial charge in [0.1, 0.15) is 0 Å². The zero-order valence-electron chi connectivity index (χ0n) is 10.8. The zero-order chi connectivity index (χ0) is 11.5.